The van der Waals surface area contributed by atoms with Gasteiger partial charge in [0.2, 0.25) is 5.91 Å². The summed E-state index contributed by atoms with van der Waals surface area (Å²) in [7, 11) is 0. The molecule has 32 heavy (non-hydrogen) atoms. The lowest BCUT2D eigenvalue weighted by atomic mass is 10.1. The second-order valence-corrected chi connectivity index (χ2v) is 7.68. The summed E-state index contributed by atoms with van der Waals surface area (Å²) in [4.78, 5) is 39.6. The fourth-order valence-electron chi connectivity index (χ4n) is 3.78. The third-order valence-electron chi connectivity index (χ3n) is 5.44. The topological polar surface area (TPSA) is 75.7 Å². The summed E-state index contributed by atoms with van der Waals surface area (Å²) in [6, 6.07) is 24.5. The Labute approximate surface area is 186 Å². The zero-order valence-corrected chi connectivity index (χ0v) is 17.6. The van der Waals surface area contributed by atoms with Crippen LogP contribution in [-0.4, -0.2) is 41.6 Å². The lowest BCUT2D eigenvalue weighted by Gasteiger charge is -2.22. The molecule has 1 aliphatic rings. The molecular formula is C26H24N2O4. The summed E-state index contributed by atoms with van der Waals surface area (Å²) in [5.41, 5.74) is 0.983. The summed E-state index contributed by atoms with van der Waals surface area (Å²) in [5.74, 6) is 0.497. The van der Waals surface area contributed by atoms with Crippen LogP contribution in [0, 0.1) is 0 Å². The van der Waals surface area contributed by atoms with Gasteiger partial charge in [-0.3, -0.25) is 24.6 Å². The Morgan fingerprint density at radius 1 is 0.812 bits per heavy atom. The second kappa shape index (κ2) is 10.0. The van der Waals surface area contributed by atoms with Crippen LogP contribution in [0.15, 0.2) is 84.9 Å². The van der Waals surface area contributed by atoms with Crippen LogP contribution in [0.1, 0.15) is 33.6 Å². The van der Waals surface area contributed by atoms with Crippen LogP contribution >= 0.6 is 0 Å². The lowest BCUT2D eigenvalue weighted by Crippen LogP contribution is -2.46. The lowest BCUT2D eigenvalue weighted by molar-refractivity contribution is -0.124. The van der Waals surface area contributed by atoms with E-state index in [-0.39, 0.29) is 18.2 Å². The zero-order chi connectivity index (χ0) is 22.3. The minimum Gasteiger partial charge on any atom is -0.457 e. The number of carbonyl (C=O) groups is 3. The molecule has 1 fully saturated rings. The van der Waals surface area contributed by atoms with Crippen LogP contribution in [0.2, 0.25) is 0 Å². The molecule has 1 heterocycles. The van der Waals surface area contributed by atoms with Gasteiger partial charge in [0.1, 0.15) is 11.5 Å². The SMILES string of the molecule is O=C(CN1CCC[C@@H]1C(=O)NC(=O)c1ccccc1)c1ccc(Oc2ccccc2)cc1. The number of hydrogen-bond donors (Lipinski definition) is 1. The van der Waals surface area contributed by atoms with E-state index in [1.807, 2.05) is 41.3 Å². The van der Waals surface area contributed by atoms with Crippen molar-refractivity contribution in [2.75, 3.05) is 13.1 Å². The van der Waals surface area contributed by atoms with Crippen LogP contribution in [0.5, 0.6) is 11.5 Å². The van der Waals surface area contributed by atoms with Gasteiger partial charge in [0.25, 0.3) is 5.91 Å². The maximum absolute atomic E-state index is 12.8. The van der Waals surface area contributed by atoms with Gasteiger partial charge >= 0.3 is 0 Å². The van der Waals surface area contributed by atoms with Gasteiger partial charge in [-0.25, -0.2) is 0 Å². The van der Waals surface area contributed by atoms with Crippen molar-refractivity contribution >= 4 is 17.6 Å². The number of likely N-dealkylation sites (tertiary alicyclic amines) is 1. The van der Waals surface area contributed by atoms with Gasteiger partial charge < -0.3 is 4.74 Å². The number of imide groups is 1. The van der Waals surface area contributed by atoms with Crippen LogP contribution in [0.25, 0.3) is 0 Å². The number of rotatable bonds is 7. The van der Waals surface area contributed by atoms with Crippen molar-refractivity contribution in [3.8, 4) is 11.5 Å². The van der Waals surface area contributed by atoms with E-state index < -0.39 is 11.9 Å². The molecule has 0 radical (unpaired) electrons. The van der Waals surface area contributed by atoms with E-state index in [0.29, 0.717) is 29.8 Å². The van der Waals surface area contributed by atoms with Crippen LogP contribution in [0.4, 0.5) is 0 Å². The Morgan fingerprint density at radius 2 is 1.44 bits per heavy atom. The van der Waals surface area contributed by atoms with Gasteiger partial charge in [-0.05, 0) is 67.9 Å². The van der Waals surface area contributed by atoms with Gasteiger partial charge in [-0.15, -0.1) is 0 Å². The summed E-state index contributed by atoms with van der Waals surface area (Å²) in [5, 5.41) is 2.46. The average Bonchev–Trinajstić information content (AvgIpc) is 3.29. The van der Waals surface area contributed by atoms with Crippen LogP contribution in [-0.2, 0) is 4.79 Å². The third-order valence-corrected chi connectivity index (χ3v) is 5.44. The minimum absolute atomic E-state index is 0.0784. The van der Waals surface area contributed by atoms with E-state index in [1.54, 1.807) is 48.5 Å². The first-order chi connectivity index (χ1) is 15.6. The molecule has 3 aromatic carbocycles. The fraction of sp³-hybridized carbons (Fsp3) is 0.192. The van der Waals surface area contributed by atoms with E-state index in [2.05, 4.69) is 5.32 Å². The van der Waals surface area contributed by atoms with Crippen LogP contribution in [0.3, 0.4) is 0 Å². The summed E-state index contributed by atoms with van der Waals surface area (Å²) in [6.45, 7) is 0.759. The van der Waals surface area contributed by atoms with Gasteiger partial charge in [0.05, 0.1) is 12.6 Å². The number of para-hydroxylation sites is 1. The molecule has 162 valence electrons. The first kappa shape index (κ1) is 21.5. The molecule has 1 aliphatic heterocycles. The molecule has 2 amide bonds. The number of amides is 2. The largest absolute Gasteiger partial charge is 0.457 e. The molecule has 0 spiro atoms. The average molecular weight is 428 g/mol. The number of benzene rings is 3. The molecule has 4 rings (SSSR count). The molecule has 0 saturated carbocycles. The number of nitrogens with one attached hydrogen (secondary N) is 1. The molecule has 0 bridgehead atoms. The maximum Gasteiger partial charge on any atom is 0.257 e. The highest BCUT2D eigenvalue weighted by Gasteiger charge is 2.33. The Hall–Kier alpha value is -3.77. The molecule has 6 heteroatoms. The number of carbonyl (C=O) groups excluding carboxylic acids is 3. The van der Waals surface area contributed by atoms with Gasteiger partial charge in [-0.1, -0.05) is 36.4 Å². The molecule has 1 saturated heterocycles. The molecular weight excluding hydrogens is 404 g/mol. The van der Waals surface area contributed by atoms with E-state index >= 15 is 0 Å². The smallest absolute Gasteiger partial charge is 0.257 e. The summed E-state index contributed by atoms with van der Waals surface area (Å²) < 4.78 is 5.76. The highest BCUT2D eigenvalue weighted by molar-refractivity contribution is 6.06. The maximum atomic E-state index is 12.8. The second-order valence-electron chi connectivity index (χ2n) is 7.68. The predicted octanol–water partition coefficient (Wildman–Crippen LogP) is 4.08. The van der Waals surface area contributed by atoms with Gasteiger partial charge in [-0.2, -0.15) is 0 Å². The number of Topliss-reactive ketones (excluding diaryl/α,β-unsaturated/α-hetero) is 1. The van der Waals surface area contributed by atoms with Crippen molar-refractivity contribution in [1.29, 1.82) is 0 Å². The number of ketones is 1. The highest BCUT2D eigenvalue weighted by atomic mass is 16.5. The molecule has 0 unspecified atom stereocenters. The molecule has 6 nitrogen and oxygen atoms in total. The first-order valence-electron chi connectivity index (χ1n) is 10.6. The molecule has 1 atom stereocenters. The monoisotopic (exact) mass is 428 g/mol. The van der Waals surface area contributed by atoms with Gasteiger partial charge in [0, 0.05) is 11.1 Å². The van der Waals surface area contributed by atoms with Crippen LogP contribution < -0.4 is 10.1 Å². The Kier molecular flexibility index (Phi) is 6.72. The van der Waals surface area contributed by atoms with Crippen molar-refractivity contribution in [3.05, 3.63) is 96.1 Å². The normalized spacial score (nSPS) is 15.8. The van der Waals surface area contributed by atoms with E-state index in [4.69, 9.17) is 4.74 Å². The van der Waals surface area contributed by atoms with Crippen molar-refractivity contribution in [2.45, 2.75) is 18.9 Å². The fourth-order valence-corrected chi connectivity index (χ4v) is 3.78. The summed E-state index contributed by atoms with van der Waals surface area (Å²) in [6.07, 6.45) is 1.42. The molecule has 0 aromatic heterocycles. The Morgan fingerprint density at radius 3 is 2.12 bits per heavy atom. The number of hydrogen-bond acceptors (Lipinski definition) is 5. The summed E-state index contributed by atoms with van der Waals surface area (Å²) >= 11 is 0. The number of nitrogens with zero attached hydrogens (tertiary/aromatic N) is 1. The third kappa shape index (κ3) is 5.28. The van der Waals surface area contributed by atoms with Gasteiger partial charge in [0.15, 0.2) is 5.78 Å². The predicted molar refractivity (Wildman–Crippen MR) is 121 cm³/mol. The zero-order valence-electron chi connectivity index (χ0n) is 17.6. The van der Waals surface area contributed by atoms with Crippen molar-refractivity contribution < 1.29 is 19.1 Å². The minimum atomic E-state index is -0.493. The quantitative estimate of drug-likeness (QED) is 0.453. The van der Waals surface area contributed by atoms with E-state index in [9.17, 15) is 14.4 Å². The first-order valence-corrected chi connectivity index (χ1v) is 10.6. The van der Waals surface area contributed by atoms with E-state index in [1.165, 1.54) is 0 Å². The number of ether oxygens (including phenoxy) is 1. The van der Waals surface area contributed by atoms with E-state index in [0.717, 1.165) is 12.2 Å². The van der Waals surface area contributed by atoms with Crippen molar-refractivity contribution in [2.24, 2.45) is 0 Å². The standard InChI is InChI=1S/C26H24N2O4/c29-24(19-13-15-22(16-14-19)32-21-10-5-2-6-11-21)18-28-17-7-12-23(28)26(31)27-25(30)20-8-3-1-4-9-20/h1-6,8-11,13-16,23H,7,12,17-18H2,(H,27,30,31)/t23-/m1/s1. The molecule has 3 aromatic rings. The molecule has 0 aliphatic carbocycles. The van der Waals surface area contributed by atoms with Crippen molar-refractivity contribution in [3.63, 3.8) is 0 Å². The molecule has 1 N–H and O–H groups in total. The Balaban J connectivity index is 1.35. The Bertz CT molecular complexity index is 1080. The highest BCUT2D eigenvalue weighted by Crippen LogP contribution is 2.22. The van der Waals surface area contributed by atoms with Crippen molar-refractivity contribution in [1.82, 2.24) is 10.2 Å².